The summed E-state index contributed by atoms with van der Waals surface area (Å²) in [6, 6.07) is 5.06. The van der Waals surface area contributed by atoms with Crippen LogP contribution in [0.15, 0.2) is 18.2 Å². The molecule has 32 heavy (non-hydrogen) atoms. The Bertz CT molecular complexity index is 703. The maximum absolute atomic E-state index is 11.8. The molecule has 0 radical (unpaired) electrons. The summed E-state index contributed by atoms with van der Waals surface area (Å²) in [7, 11) is 1.48. The molecule has 0 amide bonds. The number of rotatable bonds is 15. The molecule has 0 aromatic heterocycles. The molecule has 182 valence electrons. The lowest BCUT2D eigenvalue weighted by molar-refractivity contribution is -0.156. The predicted molar refractivity (Wildman–Crippen MR) is 119 cm³/mol. The second-order valence-corrected chi connectivity index (χ2v) is 8.21. The normalized spacial score (nSPS) is 14.8. The lowest BCUT2D eigenvalue weighted by Crippen LogP contribution is -2.33. The molecule has 0 saturated heterocycles. The van der Waals surface area contributed by atoms with E-state index >= 15 is 0 Å². The largest absolute Gasteiger partial charge is 0.504 e. The second-order valence-electron chi connectivity index (χ2n) is 8.21. The van der Waals surface area contributed by atoms with Crippen molar-refractivity contribution in [3.8, 4) is 11.5 Å². The fourth-order valence-electron chi connectivity index (χ4n) is 3.80. The average Bonchev–Trinajstić information content (AvgIpc) is 2.71. The maximum Gasteiger partial charge on any atom is 0.302 e. The molecule has 1 aromatic rings. The third-order valence-electron chi connectivity index (χ3n) is 5.36. The number of aryl methyl sites for hydroxylation is 1. The Morgan fingerprint density at radius 2 is 1.72 bits per heavy atom. The Hall–Kier alpha value is -2.32. The zero-order valence-corrected chi connectivity index (χ0v) is 19.6. The van der Waals surface area contributed by atoms with Gasteiger partial charge in [0, 0.05) is 26.9 Å². The standard InChI is InChI=1S/C24H38O8/c1-16(26)7-10-20(6-5-13-25)23(32-18(3)28)15-21(31-17(2)27)11-8-19-9-12-22(29)24(14-19)30-4/h9,12,14,16,20-21,23,25-26,29H,5-8,10-11,13,15H2,1-4H3. The molecule has 0 fully saturated rings. The van der Waals surface area contributed by atoms with Crippen LogP contribution in [0, 0.1) is 5.92 Å². The van der Waals surface area contributed by atoms with Gasteiger partial charge >= 0.3 is 11.9 Å². The molecule has 0 spiro atoms. The lowest BCUT2D eigenvalue weighted by Gasteiger charge is -2.30. The summed E-state index contributed by atoms with van der Waals surface area (Å²) in [5.41, 5.74) is 0.909. The summed E-state index contributed by atoms with van der Waals surface area (Å²) < 4.78 is 16.3. The van der Waals surface area contributed by atoms with Crippen LogP contribution < -0.4 is 4.74 Å². The van der Waals surface area contributed by atoms with Crippen LogP contribution >= 0.6 is 0 Å². The number of phenols is 1. The summed E-state index contributed by atoms with van der Waals surface area (Å²) in [5.74, 6) is -0.506. The summed E-state index contributed by atoms with van der Waals surface area (Å²) in [6.45, 7) is 4.41. The van der Waals surface area contributed by atoms with Crippen molar-refractivity contribution in [2.24, 2.45) is 5.92 Å². The Balaban J connectivity index is 2.98. The van der Waals surface area contributed by atoms with Gasteiger partial charge in [0.15, 0.2) is 11.5 Å². The zero-order valence-electron chi connectivity index (χ0n) is 19.6. The molecule has 0 heterocycles. The van der Waals surface area contributed by atoms with E-state index in [1.165, 1.54) is 21.0 Å². The number of aliphatic hydroxyl groups excluding tert-OH is 2. The summed E-state index contributed by atoms with van der Waals surface area (Å²) in [5, 5.41) is 28.8. The molecule has 0 aliphatic heterocycles. The van der Waals surface area contributed by atoms with Crippen molar-refractivity contribution in [2.45, 2.75) is 84.0 Å². The van der Waals surface area contributed by atoms with Crippen molar-refractivity contribution >= 4 is 11.9 Å². The highest BCUT2D eigenvalue weighted by atomic mass is 16.6. The van der Waals surface area contributed by atoms with E-state index < -0.39 is 30.3 Å². The van der Waals surface area contributed by atoms with Gasteiger partial charge in [0.2, 0.25) is 0 Å². The molecule has 0 aliphatic rings. The highest BCUT2D eigenvalue weighted by Crippen LogP contribution is 2.29. The molecule has 0 saturated carbocycles. The number of benzene rings is 1. The number of aliphatic hydroxyl groups is 2. The number of phenolic OH excluding ortho intramolecular Hbond substituents is 1. The second kappa shape index (κ2) is 14.7. The van der Waals surface area contributed by atoms with E-state index in [1.807, 2.05) is 0 Å². The van der Waals surface area contributed by atoms with Crippen LogP contribution in [0.4, 0.5) is 0 Å². The molecule has 4 unspecified atom stereocenters. The van der Waals surface area contributed by atoms with Crippen molar-refractivity contribution in [1.29, 1.82) is 0 Å². The number of carbonyl (C=O) groups is 2. The first-order valence-electron chi connectivity index (χ1n) is 11.2. The van der Waals surface area contributed by atoms with Crippen LogP contribution in [0.1, 0.15) is 64.9 Å². The lowest BCUT2D eigenvalue weighted by atomic mass is 9.87. The number of carbonyl (C=O) groups excluding carboxylic acids is 2. The van der Waals surface area contributed by atoms with Crippen LogP contribution in [0.2, 0.25) is 0 Å². The number of hydrogen-bond donors (Lipinski definition) is 3. The van der Waals surface area contributed by atoms with Crippen molar-refractivity contribution in [1.82, 2.24) is 0 Å². The van der Waals surface area contributed by atoms with E-state index in [9.17, 15) is 24.9 Å². The minimum absolute atomic E-state index is 0.0219. The SMILES string of the molecule is COc1cc(CCC(CC(OC(C)=O)C(CCCO)CCC(C)O)OC(C)=O)ccc1O. The van der Waals surface area contributed by atoms with Crippen molar-refractivity contribution in [2.75, 3.05) is 13.7 Å². The first-order chi connectivity index (χ1) is 15.2. The van der Waals surface area contributed by atoms with Gasteiger partial charge in [-0.25, -0.2) is 0 Å². The molecule has 4 atom stereocenters. The average molecular weight is 455 g/mol. The van der Waals surface area contributed by atoms with Gasteiger partial charge in [0.1, 0.15) is 12.2 Å². The molecule has 8 nitrogen and oxygen atoms in total. The van der Waals surface area contributed by atoms with Gasteiger partial charge in [-0.15, -0.1) is 0 Å². The van der Waals surface area contributed by atoms with Gasteiger partial charge in [-0.3, -0.25) is 9.59 Å². The molecule has 3 N–H and O–H groups in total. The van der Waals surface area contributed by atoms with Crippen LogP contribution in [-0.2, 0) is 25.5 Å². The van der Waals surface area contributed by atoms with Crippen molar-refractivity contribution < 1.29 is 39.1 Å². The highest BCUT2D eigenvalue weighted by molar-refractivity contribution is 5.66. The minimum Gasteiger partial charge on any atom is -0.504 e. The van der Waals surface area contributed by atoms with Crippen LogP contribution in [0.5, 0.6) is 11.5 Å². The zero-order chi connectivity index (χ0) is 24.1. The molecule has 1 aromatic carbocycles. The molecular formula is C24H38O8. The maximum atomic E-state index is 11.8. The smallest absolute Gasteiger partial charge is 0.302 e. The molecular weight excluding hydrogens is 416 g/mol. The third-order valence-corrected chi connectivity index (χ3v) is 5.36. The van der Waals surface area contributed by atoms with Crippen LogP contribution in [-0.4, -0.2) is 59.3 Å². The summed E-state index contributed by atoms with van der Waals surface area (Å²) >= 11 is 0. The van der Waals surface area contributed by atoms with E-state index in [0.717, 1.165) is 5.56 Å². The quantitative estimate of drug-likeness (QED) is 0.346. The fourth-order valence-corrected chi connectivity index (χ4v) is 3.80. The van der Waals surface area contributed by atoms with E-state index in [0.29, 0.717) is 50.7 Å². The van der Waals surface area contributed by atoms with Gasteiger partial charge < -0.3 is 29.5 Å². The van der Waals surface area contributed by atoms with Crippen LogP contribution in [0.3, 0.4) is 0 Å². The first-order valence-corrected chi connectivity index (χ1v) is 11.2. The van der Waals surface area contributed by atoms with Crippen LogP contribution in [0.25, 0.3) is 0 Å². The molecule has 0 aliphatic carbocycles. The Kier molecular flexibility index (Phi) is 12.7. The Morgan fingerprint density at radius 3 is 2.28 bits per heavy atom. The van der Waals surface area contributed by atoms with Gasteiger partial charge in [0.25, 0.3) is 0 Å². The van der Waals surface area contributed by atoms with E-state index in [-0.39, 0.29) is 18.3 Å². The first kappa shape index (κ1) is 27.7. The van der Waals surface area contributed by atoms with E-state index in [4.69, 9.17) is 14.2 Å². The topological polar surface area (TPSA) is 123 Å². The summed E-state index contributed by atoms with van der Waals surface area (Å²) in [4.78, 5) is 23.5. The number of hydrogen-bond acceptors (Lipinski definition) is 8. The molecule has 8 heteroatoms. The Labute approximate surface area is 190 Å². The van der Waals surface area contributed by atoms with Gasteiger partial charge in [-0.1, -0.05) is 6.07 Å². The molecule has 0 bridgehead atoms. The van der Waals surface area contributed by atoms with Crippen molar-refractivity contribution in [3.05, 3.63) is 23.8 Å². The van der Waals surface area contributed by atoms with Gasteiger partial charge in [-0.2, -0.15) is 0 Å². The fraction of sp³-hybridized carbons (Fsp3) is 0.667. The minimum atomic E-state index is -0.503. The van der Waals surface area contributed by atoms with E-state index in [1.54, 1.807) is 25.1 Å². The highest BCUT2D eigenvalue weighted by Gasteiger charge is 2.29. The predicted octanol–water partition coefficient (Wildman–Crippen LogP) is 3.14. The number of esters is 2. The molecule has 1 rings (SSSR count). The number of methoxy groups -OCH3 is 1. The van der Waals surface area contributed by atoms with Crippen molar-refractivity contribution in [3.63, 3.8) is 0 Å². The number of ether oxygens (including phenoxy) is 3. The monoisotopic (exact) mass is 454 g/mol. The van der Waals surface area contributed by atoms with E-state index in [2.05, 4.69) is 0 Å². The van der Waals surface area contributed by atoms with Gasteiger partial charge in [0.05, 0.1) is 13.2 Å². The summed E-state index contributed by atoms with van der Waals surface area (Å²) in [6.07, 6.45) is 2.25. The third kappa shape index (κ3) is 10.8. The Morgan fingerprint density at radius 1 is 1.03 bits per heavy atom. The number of aromatic hydroxyl groups is 1. The van der Waals surface area contributed by atoms with Gasteiger partial charge in [-0.05, 0) is 69.1 Å².